The molecule has 0 aliphatic heterocycles. The first kappa shape index (κ1) is 12.3. The maximum absolute atomic E-state index is 3.42. The van der Waals surface area contributed by atoms with Gasteiger partial charge in [-0.05, 0) is 23.5 Å². The minimum absolute atomic E-state index is 0.555. The second kappa shape index (κ2) is 5.92. The third-order valence-electron chi connectivity index (χ3n) is 2.88. The van der Waals surface area contributed by atoms with Gasteiger partial charge in [-0.2, -0.15) is 0 Å². The smallest absolute Gasteiger partial charge is 0.0207 e. The molecule has 0 aliphatic carbocycles. The van der Waals surface area contributed by atoms with Crippen LogP contribution in [-0.2, 0) is 6.54 Å². The van der Waals surface area contributed by atoms with Crippen LogP contribution in [0.15, 0.2) is 24.3 Å². The molecular weight excluding hydrogens is 182 g/mol. The molecule has 1 unspecified atom stereocenters. The predicted molar refractivity (Wildman–Crippen MR) is 67.1 cm³/mol. The van der Waals surface area contributed by atoms with Crippen LogP contribution in [-0.4, -0.2) is 6.04 Å². The van der Waals surface area contributed by atoms with Crippen LogP contribution in [0.2, 0.25) is 0 Å². The highest BCUT2D eigenvalue weighted by Crippen LogP contribution is 2.18. The molecule has 1 atom stereocenters. The van der Waals surface area contributed by atoms with E-state index < -0.39 is 0 Å². The Kier molecular flexibility index (Phi) is 4.83. The van der Waals surface area contributed by atoms with Crippen molar-refractivity contribution >= 4 is 0 Å². The molecule has 0 heterocycles. The van der Waals surface area contributed by atoms with Gasteiger partial charge in [0.1, 0.15) is 0 Å². The summed E-state index contributed by atoms with van der Waals surface area (Å²) in [5.41, 5.74) is 2.82. The Labute approximate surface area is 93.9 Å². The van der Waals surface area contributed by atoms with Crippen molar-refractivity contribution in [1.29, 1.82) is 0 Å². The summed E-state index contributed by atoms with van der Waals surface area (Å²) in [5.74, 6) is 0.678. The van der Waals surface area contributed by atoms with Gasteiger partial charge in [-0.25, -0.2) is 0 Å². The van der Waals surface area contributed by atoms with Crippen molar-refractivity contribution in [2.45, 2.75) is 52.6 Å². The molecular formula is C14H23N. The first-order valence-corrected chi connectivity index (χ1v) is 5.95. The minimum Gasteiger partial charge on any atom is -0.310 e. The predicted octanol–water partition coefficient (Wildman–Crippen LogP) is 3.70. The topological polar surface area (TPSA) is 12.0 Å². The largest absolute Gasteiger partial charge is 0.310 e. The second-order valence-electron chi connectivity index (χ2n) is 4.59. The monoisotopic (exact) mass is 205 g/mol. The molecule has 1 nitrogen and oxygen atoms in total. The summed E-state index contributed by atoms with van der Waals surface area (Å²) in [6.07, 6.45) is 1.21. The molecule has 0 amide bonds. The van der Waals surface area contributed by atoms with Crippen LogP contribution in [0.5, 0.6) is 0 Å². The van der Waals surface area contributed by atoms with Gasteiger partial charge in [0.15, 0.2) is 0 Å². The normalized spacial score (nSPS) is 13.1. The molecule has 0 saturated heterocycles. The second-order valence-corrected chi connectivity index (χ2v) is 4.59. The molecule has 1 aromatic rings. The van der Waals surface area contributed by atoms with Crippen LogP contribution in [0.4, 0.5) is 0 Å². The van der Waals surface area contributed by atoms with Crippen LogP contribution in [0.3, 0.4) is 0 Å². The lowest BCUT2D eigenvalue weighted by Gasteiger charge is -2.11. The molecule has 0 radical (unpaired) electrons. The molecule has 0 spiro atoms. The summed E-state index contributed by atoms with van der Waals surface area (Å²) in [6, 6.07) is 9.53. The van der Waals surface area contributed by atoms with E-state index in [1.807, 2.05) is 0 Å². The molecule has 0 bridgehead atoms. The highest BCUT2D eigenvalue weighted by Gasteiger charge is 2.02. The zero-order chi connectivity index (χ0) is 11.3. The first-order chi connectivity index (χ1) is 7.13. The van der Waals surface area contributed by atoms with Gasteiger partial charge >= 0.3 is 0 Å². The fraction of sp³-hybridized carbons (Fsp3) is 0.571. The van der Waals surface area contributed by atoms with Gasteiger partial charge in [-0.3, -0.25) is 0 Å². The van der Waals surface area contributed by atoms with E-state index in [0.717, 1.165) is 6.54 Å². The maximum Gasteiger partial charge on any atom is 0.0207 e. The lowest BCUT2D eigenvalue weighted by atomic mass is 9.98. The van der Waals surface area contributed by atoms with E-state index >= 15 is 0 Å². The van der Waals surface area contributed by atoms with Crippen molar-refractivity contribution < 1.29 is 0 Å². The maximum atomic E-state index is 3.42. The first-order valence-electron chi connectivity index (χ1n) is 5.95. The van der Waals surface area contributed by atoms with Gasteiger partial charge in [-0.15, -0.1) is 0 Å². The number of benzene rings is 1. The lowest BCUT2D eigenvalue weighted by Crippen LogP contribution is -2.21. The number of hydrogen-bond donors (Lipinski definition) is 1. The summed E-state index contributed by atoms with van der Waals surface area (Å²) in [4.78, 5) is 0. The SMILES string of the molecule is CCC(C)c1ccc(CNC(C)C)cc1. The molecule has 1 aromatic carbocycles. The lowest BCUT2D eigenvalue weighted by molar-refractivity contribution is 0.588. The Balaban J connectivity index is 2.56. The summed E-state index contributed by atoms with van der Waals surface area (Å²) in [7, 11) is 0. The summed E-state index contributed by atoms with van der Waals surface area (Å²) in [6.45, 7) is 9.83. The zero-order valence-corrected chi connectivity index (χ0v) is 10.4. The fourth-order valence-electron chi connectivity index (χ4n) is 1.52. The van der Waals surface area contributed by atoms with Gasteiger partial charge in [0.25, 0.3) is 0 Å². The van der Waals surface area contributed by atoms with Gasteiger partial charge in [0.05, 0.1) is 0 Å². The number of nitrogens with one attached hydrogen (secondary N) is 1. The van der Waals surface area contributed by atoms with Gasteiger partial charge in [0, 0.05) is 12.6 Å². The molecule has 0 aromatic heterocycles. The molecule has 1 N–H and O–H groups in total. The zero-order valence-electron chi connectivity index (χ0n) is 10.4. The molecule has 15 heavy (non-hydrogen) atoms. The van der Waals surface area contributed by atoms with Crippen molar-refractivity contribution in [1.82, 2.24) is 5.32 Å². The third kappa shape index (κ3) is 4.05. The summed E-state index contributed by atoms with van der Waals surface area (Å²) < 4.78 is 0. The van der Waals surface area contributed by atoms with Crippen LogP contribution < -0.4 is 5.32 Å². The highest BCUT2D eigenvalue weighted by atomic mass is 14.9. The quantitative estimate of drug-likeness (QED) is 0.773. The van der Waals surface area contributed by atoms with Crippen molar-refractivity contribution in [2.75, 3.05) is 0 Å². The van der Waals surface area contributed by atoms with Crippen LogP contribution in [0, 0.1) is 0 Å². The van der Waals surface area contributed by atoms with E-state index in [1.165, 1.54) is 17.5 Å². The Morgan fingerprint density at radius 3 is 2.13 bits per heavy atom. The molecule has 0 aliphatic rings. The van der Waals surface area contributed by atoms with E-state index in [4.69, 9.17) is 0 Å². The molecule has 84 valence electrons. The molecule has 0 saturated carbocycles. The van der Waals surface area contributed by atoms with Gasteiger partial charge in [0.2, 0.25) is 0 Å². The average molecular weight is 205 g/mol. The van der Waals surface area contributed by atoms with Crippen molar-refractivity contribution in [3.63, 3.8) is 0 Å². The number of hydrogen-bond acceptors (Lipinski definition) is 1. The van der Waals surface area contributed by atoms with Crippen LogP contribution in [0.25, 0.3) is 0 Å². The Bertz CT molecular complexity index is 274. The van der Waals surface area contributed by atoms with E-state index in [1.54, 1.807) is 0 Å². The van der Waals surface area contributed by atoms with E-state index in [9.17, 15) is 0 Å². The summed E-state index contributed by atoms with van der Waals surface area (Å²) in [5, 5.41) is 3.42. The summed E-state index contributed by atoms with van der Waals surface area (Å²) >= 11 is 0. The van der Waals surface area contributed by atoms with Crippen molar-refractivity contribution in [3.8, 4) is 0 Å². The number of rotatable bonds is 5. The Morgan fingerprint density at radius 2 is 1.67 bits per heavy atom. The van der Waals surface area contributed by atoms with Crippen LogP contribution in [0.1, 0.15) is 51.2 Å². The van der Waals surface area contributed by atoms with Gasteiger partial charge < -0.3 is 5.32 Å². The van der Waals surface area contributed by atoms with Crippen molar-refractivity contribution in [2.24, 2.45) is 0 Å². The van der Waals surface area contributed by atoms with E-state index in [0.29, 0.717) is 12.0 Å². The third-order valence-corrected chi connectivity index (χ3v) is 2.88. The molecule has 1 heteroatoms. The Morgan fingerprint density at radius 1 is 1.07 bits per heavy atom. The van der Waals surface area contributed by atoms with E-state index in [2.05, 4.69) is 57.3 Å². The van der Waals surface area contributed by atoms with Gasteiger partial charge in [-0.1, -0.05) is 52.0 Å². The minimum atomic E-state index is 0.555. The van der Waals surface area contributed by atoms with Crippen LogP contribution >= 0.6 is 0 Å². The van der Waals surface area contributed by atoms with E-state index in [-0.39, 0.29) is 0 Å². The molecule has 1 rings (SSSR count). The van der Waals surface area contributed by atoms with Crippen molar-refractivity contribution in [3.05, 3.63) is 35.4 Å². The molecule has 0 fully saturated rings. The highest BCUT2D eigenvalue weighted by molar-refractivity contribution is 5.24. The fourth-order valence-corrected chi connectivity index (χ4v) is 1.52. The average Bonchev–Trinajstić information content (AvgIpc) is 2.26. The Hall–Kier alpha value is -0.820. The standard InChI is InChI=1S/C14H23N/c1-5-12(4)14-8-6-13(7-9-14)10-15-11(2)3/h6-9,11-12,15H,5,10H2,1-4H3.